The standard InChI is InChI=1S/C30H22ClO2PS3/c1-33-29(32)27(26-28(36-37-30(26)35)21-17-19-22(31)20-18-21)34(23-11-5-2-6-12-23,24-13-7-3-8-14-24)25-15-9-4-10-16-25/h2-20H,1H3. The Morgan fingerprint density at radius 2 is 1.19 bits per heavy atom. The van der Waals surface area contributed by atoms with Crippen LogP contribution in [0.15, 0.2) is 115 Å². The van der Waals surface area contributed by atoms with Crippen molar-refractivity contribution in [3.05, 3.63) is 130 Å². The first-order chi connectivity index (χ1) is 18.1. The van der Waals surface area contributed by atoms with Crippen molar-refractivity contribution in [1.29, 1.82) is 0 Å². The molecular weight excluding hydrogens is 555 g/mol. The lowest BCUT2D eigenvalue weighted by Gasteiger charge is -2.32. The summed E-state index contributed by atoms with van der Waals surface area (Å²) in [4.78, 5) is 15.0. The lowest BCUT2D eigenvalue weighted by molar-refractivity contribution is -0.132. The Morgan fingerprint density at radius 1 is 0.730 bits per heavy atom. The highest BCUT2D eigenvalue weighted by Crippen LogP contribution is 2.50. The minimum Gasteiger partial charge on any atom is -0.465 e. The minimum absolute atomic E-state index is 0.378. The second-order valence-electron chi connectivity index (χ2n) is 8.18. The molecule has 0 saturated carbocycles. The molecule has 2 nitrogen and oxygen atoms in total. The summed E-state index contributed by atoms with van der Waals surface area (Å²) < 4.78 is 6.23. The van der Waals surface area contributed by atoms with Crippen LogP contribution in [0, 0.1) is 3.82 Å². The third kappa shape index (κ3) is 4.79. The smallest absolute Gasteiger partial charge is 0.339 e. The van der Waals surface area contributed by atoms with E-state index in [0.29, 0.717) is 14.1 Å². The first kappa shape index (κ1) is 25.8. The van der Waals surface area contributed by atoms with E-state index in [0.717, 1.165) is 31.9 Å². The van der Waals surface area contributed by atoms with Gasteiger partial charge in [0.15, 0.2) is 0 Å². The molecule has 0 amide bonds. The van der Waals surface area contributed by atoms with Crippen LogP contribution in [0.25, 0.3) is 10.4 Å². The Labute approximate surface area is 234 Å². The highest BCUT2D eigenvalue weighted by atomic mass is 35.5. The minimum atomic E-state index is -2.75. The van der Waals surface area contributed by atoms with Crippen molar-refractivity contribution in [2.45, 2.75) is 0 Å². The molecule has 0 aliphatic heterocycles. The summed E-state index contributed by atoms with van der Waals surface area (Å²) >= 11 is 12.2. The predicted molar refractivity (Wildman–Crippen MR) is 165 cm³/mol. The van der Waals surface area contributed by atoms with Gasteiger partial charge in [-0.1, -0.05) is 148 Å². The van der Waals surface area contributed by atoms with Gasteiger partial charge in [0.25, 0.3) is 0 Å². The van der Waals surface area contributed by atoms with Gasteiger partial charge in [0.1, 0.15) is 3.82 Å². The average molecular weight is 577 g/mol. The van der Waals surface area contributed by atoms with Crippen LogP contribution in [0.4, 0.5) is 0 Å². The zero-order chi connectivity index (χ0) is 25.8. The summed E-state index contributed by atoms with van der Waals surface area (Å²) in [5, 5.41) is 4.42. The van der Waals surface area contributed by atoms with Crippen LogP contribution < -0.4 is 15.9 Å². The number of ether oxygens (including phenoxy) is 1. The Kier molecular flexibility index (Phi) is 7.89. The Morgan fingerprint density at radius 3 is 1.62 bits per heavy atom. The third-order valence-corrected chi connectivity index (χ3v) is 13.7. The molecule has 0 N–H and O–H groups in total. The van der Waals surface area contributed by atoms with Gasteiger partial charge in [0, 0.05) is 10.6 Å². The van der Waals surface area contributed by atoms with Gasteiger partial charge in [-0.25, -0.2) is 4.79 Å². The van der Waals surface area contributed by atoms with E-state index in [-0.39, 0.29) is 5.97 Å². The summed E-state index contributed by atoms with van der Waals surface area (Å²) in [5.41, 5.74) is 1.73. The maximum Gasteiger partial charge on any atom is 0.339 e. The van der Waals surface area contributed by atoms with Gasteiger partial charge in [0.2, 0.25) is 0 Å². The fourth-order valence-electron chi connectivity index (χ4n) is 4.55. The summed E-state index contributed by atoms with van der Waals surface area (Å²) in [5.74, 6) is -0.378. The quantitative estimate of drug-likeness (QED) is 0.0903. The van der Waals surface area contributed by atoms with Crippen LogP contribution in [-0.4, -0.2) is 18.4 Å². The van der Waals surface area contributed by atoms with Gasteiger partial charge in [0.05, 0.1) is 17.3 Å². The second kappa shape index (κ2) is 11.3. The van der Waals surface area contributed by atoms with Crippen LogP contribution in [-0.2, 0) is 9.53 Å². The van der Waals surface area contributed by atoms with Gasteiger partial charge in [-0.05, 0) is 40.5 Å². The molecule has 0 aliphatic carbocycles. The van der Waals surface area contributed by atoms with E-state index >= 15 is 0 Å². The normalized spacial score (nSPS) is 11.2. The molecule has 4 aromatic carbocycles. The number of hydrogen-bond acceptors (Lipinski definition) is 5. The Hall–Kier alpha value is -2.79. The van der Waals surface area contributed by atoms with E-state index in [4.69, 9.17) is 28.6 Å². The number of rotatable bonds is 6. The van der Waals surface area contributed by atoms with Crippen LogP contribution >= 0.6 is 51.4 Å². The van der Waals surface area contributed by atoms with E-state index in [1.807, 2.05) is 78.9 Å². The monoisotopic (exact) mass is 576 g/mol. The van der Waals surface area contributed by atoms with Crippen molar-refractivity contribution in [1.82, 2.24) is 0 Å². The number of carbonyl (C=O) groups is 1. The first-order valence-corrected chi connectivity index (χ1v) is 16.2. The highest BCUT2D eigenvalue weighted by molar-refractivity contribution is 7.97. The topological polar surface area (TPSA) is 26.3 Å². The van der Waals surface area contributed by atoms with Crippen molar-refractivity contribution < 1.29 is 9.53 Å². The van der Waals surface area contributed by atoms with E-state index in [2.05, 4.69) is 36.4 Å². The molecule has 1 heterocycles. The lowest BCUT2D eigenvalue weighted by Crippen LogP contribution is -2.34. The molecule has 37 heavy (non-hydrogen) atoms. The molecular formula is C30H22ClO2PS3. The van der Waals surface area contributed by atoms with Crippen molar-refractivity contribution in [2.75, 3.05) is 7.11 Å². The van der Waals surface area contributed by atoms with Crippen LogP contribution in [0.5, 0.6) is 0 Å². The fourth-order valence-corrected chi connectivity index (χ4v) is 12.2. The molecule has 0 fully saturated rings. The molecule has 0 unspecified atom stereocenters. The highest BCUT2D eigenvalue weighted by Gasteiger charge is 2.37. The van der Waals surface area contributed by atoms with Gasteiger partial charge in [-0.15, -0.1) is 0 Å². The second-order valence-corrected chi connectivity index (χ2v) is 14.8. The molecule has 0 aliphatic rings. The number of hydrogen-bond donors (Lipinski definition) is 0. The van der Waals surface area contributed by atoms with Crippen LogP contribution in [0.3, 0.4) is 0 Å². The zero-order valence-electron chi connectivity index (χ0n) is 19.8. The summed E-state index contributed by atoms with van der Waals surface area (Å²) in [6.07, 6.45) is 0. The average Bonchev–Trinajstić information content (AvgIpc) is 3.33. The molecule has 184 valence electrons. The Balaban J connectivity index is 2.07. The molecule has 7 heteroatoms. The maximum absolute atomic E-state index is 14.1. The number of halogens is 1. The number of esters is 1. The number of carbonyl (C=O) groups excluding carboxylic acids is 1. The molecule has 0 spiro atoms. The van der Waals surface area contributed by atoms with Gasteiger partial charge in [-0.2, -0.15) is 0 Å². The van der Waals surface area contributed by atoms with E-state index in [9.17, 15) is 4.79 Å². The van der Waals surface area contributed by atoms with Crippen molar-refractivity contribution in [2.24, 2.45) is 0 Å². The number of methoxy groups -OCH3 is 1. The van der Waals surface area contributed by atoms with Gasteiger partial charge in [-0.3, -0.25) is 0 Å². The Bertz CT molecular complexity index is 1540. The maximum atomic E-state index is 14.1. The summed E-state index contributed by atoms with van der Waals surface area (Å²) in [7, 11) is 4.52. The molecule has 0 saturated heterocycles. The van der Waals surface area contributed by atoms with Crippen LogP contribution in [0.2, 0.25) is 5.02 Å². The lowest BCUT2D eigenvalue weighted by atomic mass is 10.1. The van der Waals surface area contributed by atoms with Gasteiger partial charge < -0.3 is 4.74 Å². The molecule has 5 aromatic rings. The number of benzene rings is 4. The fraction of sp³-hybridized carbons (Fsp3) is 0.0333. The largest absolute Gasteiger partial charge is 0.465 e. The molecule has 1 aromatic heterocycles. The van der Waals surface area contributed by atoms with Crippen molar-refractivity contribution in [3.8, 4) is 10.4 Å². The van der Waals surface area contributed by atoms with Gasteiger partial charge >= 0.3 is 5.97 Å². The summed E-state index contributed by atoms with van der Waals surface area (Å²) in [6, 6.07) is 38.5. The van der Waals surface area contributed by atoms with Crippen LogP contribution in [0.1, 0.15) is 5.56 Å². The SMILES string of the molecule is COC(=O)C(c1c(-c2ccc(Cl)cc2)ssc1=S)=P(c1ccccc1)(c1ccccc1)c1ccccc1. The zero-order valence-corrected chi connectivity index (χ0v) is 23.9. The molecule has 0 bridgehead atoms. The van der Waals surface area contributed by atoms with Crippen molar-refractivity contribution >= 4 is 78.6 Å². The molecule has 0 atom stereocenters. The predicted octanol–water partition coefficient (Wildman–Crippen LogP) is 7.55. The van der Waals surface area contributed by atoms with Crippen molar-refractivity contribution in [3.63, 3.8) is 0 Å². The van der Waals surface area contributed by atoms with E-state index in [1.54, 1.807) is 10.3 Å². The molecule has 0 radical (unpaired) electrons. The molecule has 5 rings (SSSR count). The van der Waals surface area contributed by atoms with E-state index in [1.165, 1.54) is 17.5 Å². The first-order valence-electron chi connectivity index (χ1n) is 11.5. The van der Waals surface area contributed by atoms with E-state index < -0.39 is 6.89 Å². The summed E-state index contributed by atoms with van der Waals surface area (Å²) in [6.45, 7) is -2.75. The third-order valence-electron chi connectivity index (χ3n) is 6.12.